The number of aliphatic hydroxyl groups is 1. The predicted molar refractivity (Wildman–Crippen MR) is 63.8 cm³/mol. The summed E-state index contributed by atoms with van der Waals surface area (Å²) in [5, 5.41) is 13.1. The standard InChI is InChI=1S/C12H14N2O4/c1-3-18-10(15)12(17)8-6-4-5-7-9(8)13-11(16)14(12)2/h4-7,17H,3H2,1-2H3,(H,13,16)/t12-/m0/s1. The normalized spacial score (nSPS) is 22.2. The van der Waals surface area contributed by atoms with Crippen LogP contribution in [0.5, 0.6) is 0 Å². The molecule has 0 aliphatic carbocycles. The van der Waals surface area contributed by atoms with Crippen LogP contribution >= 0.6 is 0 Å². The number of rotatable bonds is 2. The molecule has 0 saturated heterocycles. The summed E-state index contributed by atoms with van der Waals surface area (Å²) in [5.74, 6) is -0.866. The van der Waals surface area contributed by atoms with E-state index in [1.165, 1.54) is 7.05 Å². The number of urea groups is 1. The van der Waals surface area contributed by atoms with Gasteiger partial charge in [0.2, 0.25) is 0 Å². The number of anilines is 1. The van der Waals surface area contributed by atoms with Gasteiger partial charge < -0.3 is 15.2 Å². The summed E-state index contributed by atoms with van der Waals surface area (Å²) in [7, 11) is 1.34. The highest BCUT2D eigenvalue weighted by atomic mass is 16.6. The van der Waals surface area contributed by atoms with Crippen LogP contribution in [-0.2, 0) is 15.3 Å². The van der Waals surface area contributed by atoms with Gasteiger partial charge in [0.05, 0.1) is 12.3 Å². The van der Waals surface area contributed by atoms with Crippen LogP contribution in [0.3, 0.4) is 0 Å². The second-order valence-electron chi connectivity index (χ2n) is 3.93. The molecule has 1 atom stereocenters. The number of benzene rings is 1. The molecule has 2 N–H and O–H groups in total. The van der Waals surface area contributed by atoms with Crippen molar-refractivity contribution >= 4 is 17.7 Å². The van der Waals surface area contributed by atoms with Crippen LogP contribution < -0.4 is 5.32 Å². The zero-order valence-electron chi connectivity index (χ0n) is 10.1. The van der Waals surface area contributed by atoms with Crippen LogP contribution in [0.1, 0.15) is 12.5 Å². The van der Waals surface area contributed by atoms with Crippen molar-refractivity contribution in [1.82, 2.24) is 4.90 Å². The van der Waals surface area contributed by atoms with Gasteiger partial charge in [-0.05, 0) is 13.0 Å². The third kappa shape index (κ3) is 1.62. The molecule has 0 saturated carbocycles. The Bertz CT molecular complexity index is 503. The number of ether oxygens (including phenoxy) is 1. The molecule has 1 heterocycles. The molecule has 0 bridgehead atoms. The molecule has 2 amide bonds. The Labute approximate surface area is 104 Å². The fourth-order valence-corrected chi connectivity index (χ4v) is 1.90. The summed E-state index contributed by atoms with van der Waals surface area (Å²) in [6.45, 7) is 1.76. The van der Waals surface area contributed by atoms with Gasteiger partial charge in [-0.2, -0.15) is 0 Å². The molecule has 0 aromatic heterocycles. The number of carbonyl (C=O) groups excluding carboxylic acids is 2. The van der Waals surface area contributed by atoms with Gasteiger partial charge in [-0.25, -0.2) is 9.59 Å². The van der Waals surface area contributed by atoms with Crippen molar-refractivity contribution in [3.05, 3.63) is 29.8 Å². The van der Waals surface area contributed by atoms with Gasteiger partial charge in [-0.3, -0.25) is 4.90 Å². The highest BCUT2D eigenvalue weighted by Crippen LogP contribution is 2.36. The number of likely N-dealkylation sites (N-methyl/N-ethyl adjacent to an activating group) is 1. The second-order valence-corrected chi connectivity index (χ2v) is 3.93. The molecule has 0 radical (unpaired) electrons. The van der Waals surface area contributed by atoms with Crippen molar-refractivity contribution in [2.45, 2.75) is 12.6 Å². The van der Waals surface area contributed by atoms with Crippen molar-refractivity contribution < 1.29 is 19.4 Å². The maximum atomic E-state index is 11.9. The average molecular weight is 250 g/mol. The first-order valence-corrected chi connectivity index (χ1v) is 5.55. The molecule has 2 rings (SSSR count). The Balaban J connectivity index is 2.56. The van der Waals surface area contributed by atoms with E-state index < -0.39 is 17.7 Å². The number of hydrogen-bond acceptors (Lipinski definition) is 4. The number of esters is 1. The number of hydrogen-bond donors (Lipinski definition) is 2. The van der Waals surface area contributed by atoms with Crippen LogP contribution in [0.15, 0.2) is 24.3 Å². The fraction of sp³-hybridized carbons (Fsp3) is 0.333. The van der Waals surface area contributed by atoms with Crippen molar-refractivity contribution in [2.24, 2.45) is 0 Å². The largest absolute Gasteiger partial charge is 0.462 e. The summed E-state index contributed by atoms with van der Waals surface area (Å²) >= 11 is 0. The molecule has 0 fully saturated rings. The first-order valence-electron chi connectivity index (χ1n) is 5.55. The van der Waals surface area contributed by atoms with Crippen LogP contribution in [0.4, 0.5) is 10.5 Å². The van der Waals surface area contributed by atoms with Crippen molar-refractivity contribution in [1.29, 1.82) is 0 Å². The van der Waals surface area contributed by atoms with Gasteiger partial charge >= 0.3 is 12.0 Å². The van der Waals surface area contributed by atoms with Crippen molar-refractivity contribution in [2.75, 3.05) is 19.0 Å². The van der Waals surface area contributed by atoms with E-state index in [4.69, 9.17) is 4.74 Å². The SMILES string of the molecule is CCOC(=O)[C@@]1(O)c2ccccc2NC(=O)N1C. The molecule has 6 heteroatoms. The number of nitrogens with zero attached hydrogens (tertiary/aromatic N) is 1. The highest BCUT2D eigenvalue weighted by Gasteiger charge is 2.50. The maximum absolute atomic E-state index is 11.9. The Morgan fingerprint density at radius 3 is 2.83 bits per heavy atom. The van der Waals surface area contributed by atoms with E-state index in [1.54, 1.807) is 31.2 Å². The number of carbonyl (C=O) groups is 2. The molecular formula is C12H14N2O4. The van der Waals surface area contributed by atoms with Gasteiger partial charge in [0, 0.05) is 12.6 Å². The zero-order chi connectivity index (χ0) is 13.3. The lowest BCUT2D eigenvalue weighted by Gasteiger charge is -2.39. The lowest BCUT2D eigenvalue weighted by Crippen LogP contribution is -2.57. The van der Waals surface area contributed by atoms with E-state index >= 15 is 0 Å². The summed E-state index contributed by atoms with van der Waals surface area (Å²) in [6.07, 6.45) is 0. The second kappa shape index (κ2) is 4.30. The lowest BCUT2D eigenvalue weighted by atomic mass is 9.97. The minimum absolute atomic E-state index is 0.124. The van der Waals surface area contributed by atoms with E-state index in [0.29, 0.717) is 11.3 Å². The number of para-hydroxylation sites is 1. The average Bonchev–Trinajstić information content (AvgIpc) is 2.36. The van der Waals surface area contributed by atoms with Crippen LogP contribution in [0, 0.1) is 0 Å². The predicted octanol–water partition coefficient (Wildman–Crippen LogP) is 0.872. The minimum Gasteiger partial charge on any atom is -0.462 e. The summed E-state index contributed by atoms with van der Waals surface area (Å²) in [6, 6.07) is 6.00. The van der Waals surface area contributed by atoms with Crippen LogP contribution in [0.2, 0.25) is 0 Å². The van der Waals surface area contributed by atoms with E-state index in [0.717, 1.165) is 4.90 Å². The van der Waals surface area contributed by atoms with Gasteiger partial charge in [-0.1, -0.05) is 18.2 Å². The van der Waals surface area contributed by atoms with Crippen LogP contribution in [-0.4, -0.2) is 35.7 Å². The van der Waals surface area contributed by atoms with Gasteiger partial charge in [0.15, 0.2) is 0 Å². The lowest BCUT2D eigenvalue weighted by molar-refractivity contribution is -0.183. The molecule has 18 heavy (non-hydrogen) atoms. The number of nitrogens with one attached hydrogen (secondary N) is 1. The van der Waals surface area contributed by atoms with Gasteiger partial charge in [0.1, 0.15) is 0 Å². The Morgan fingerprint density at radius 1 is 1.50 bits per heavy atom. The number of fused-ring (bicyclic) bond motifs is 1. The highest BCUT2D eigenvalue weighted by molar-refractivity contribution is 5.99. The maximum Gasteiger partial charge on any atom is 0.365 e. The topological polar surface area (TPSA) is 78.9 Å². The Hall–Kier alpha value is -2.08. The molecule has 1 aliphatic heterocycles. The molecular weight excluding hydrogens is 236 g/mol. The van der Waals surface area contributed by atoms with Gasteiger partial charge in [-0.15, -0.1) is 0 Å². The van der Waals surface area contributed by atoms with E-state index in [2.05, 4.69) is 5.32 Å². The smallest absolute Gasteiger partial charge is 0.365 e. The summed E-state index contributed by atoms with van der Waals surface area (Å²) in [5.41, 5.74) is -1.39. The van der Waals surface area contributed by atoms with E-state index in [1.807, 2.05) is 0 Å². The van der Waals surface area contributed by atoms with Crippen molar-refractivity contribution in [3.63, 3.8) is 0 Å². The third-order valence-electron chi connectivity index (χ3n) is 2.89. The minimum atomic E-state index is -2.09. The van der Waals surface area contributed by atoms with E-state index in [-0.39, 0.29) is 6.61 Å². The van der Waals surface area contributed by atoms with Gasteiger partial charge in [0.25, 0.3) is 5.72 Å². The molecule has 6 nitrogen and oxygen atoms in total. The molecule has 0 unspecified atom stereocenters. The number of amides is 2. The molecule has 1 aromatic rings. The molecule has 96 valence electrons. The Morgan fingerprint density at radius 2 is 2.17 bits per heavy atom. The molecule has 1 aliphatic rings. The monoisotopic (exact) mass is 250 g/mol. The summed E-state index contributed by atoms with van der Waals surface area (Å²) < 4.78 is 4.85. The molecule has 0 spiro atoms. The summed E-state index contributed by atoms with van der Waals surface area (Å²) in [4.78, 5) is 24.6. The third-order valence-corrected chi connectivity index (χ3v) is 2.89. The quantitative estimate of drug-likeness (QED) is 0.763. The fourth-order valence-electron chi connectivity index (χ4n) is 1.90. The van der Waals surface area contributed by atoms with Crippen LogP contribution in [0.25, 0.3) is 0 Å². The van der Waals surface area contributed by atoms with E-state index in [9.17, 15) is 14.7 Å². The first-order chi connectivity index (χ1) is 8.51. The van der Waals surface area contributed by atoms with Crippen molar-refractivity contribution in [3.8, 4) is 0 Å². The zero-order valence-corrected chi connectivity index (χ0v) is 10.1. The molecule has 1 aromatic carbocycles. The first kappa shape index (κ1) is 12.4. The Kier molecular flexibility index (Phi) is 2.96.